The molecule has 0 bridgehead atoms. The molecule has 4 heteroatoms. The molecule has 0 amide bonds. The summed E-state index contributed by atoms with van der Waals surface area (Å²) in [4.78, 5) is 0. The molecule has 0 saturated heterocycles. The van der Waals surface area contributed by atoms with Crippen molar-refractivity contribution in [2.45, 2.75) is 25.6 Å². The quantitative estimate of drug-likeness (QED) is 0.459. The number of nitrogens with one attached hydrogen (secondary N) is 1. The van der Waals surface area contributed by atoms with Gasteiger partial charge in [-0.15, -0.1) is 6.58 Å². The smallest absolute Gasteiger partial charge is 0.0897 e. The monoisotopic (exact) mass is 293 g/mol. The summed E-state index contributed by atoms with van der Waals surface area (Å²) in [5.74, 6) is 0. The predicted octanol–water partition coefficient (Wildman–Crippen LogP) is 2.31. The molecule has 0 aromatic heterocycles. The molecule has 118 valence electrons. The first-order chi connectivity index (χ1) is 10.2. The zero-order chi connectivity index (χ0) is 15.3. The SMILES string of the molecule is C=CCCOCCNCC(O)COC(C)c1ccccc1. The average Bonchev–Trinajstić information content (AvgIpc) is 2.52. The lowest BCUT2D eigenvalue weighted by Gasteiger charge is -2.17. The number of rotatable bonds is 12. The van der Waals surface area contributed by atoms with Crippen LogP contribution < -0.4 is 5.32 Å². The second kappa shape index (κ2) is 11.5. The molecule has 1 aromatic rings. The van der Waals surface area contributed by atoms with E-state index in [1.54, 1.807) is 0 Å². The van der Waals surface area contributed by atoms with E-state index in [0.29, 0.717) is 26.4 Å². The Kier molecular flexibility index (Phi) is 9.74. The average molecular weight is 293 g/mol. The van der Waals surface area contributed by atoms with Crippen molar-refractivity contribution in [2.24, 2.45) is 0 Å². The first-order valence-corrected chi connectivity index (χ1v) is 7.48. The lowest BCUT2D eigenvalue weighted by molar-refractivity contribution is -0.00256. The molecule has 0 aliphatic carbocycles. The summed E-state index contributed by atoms with van der Waals surface area (Å²) >= 11 is 0. The minimum atomic E-state index is -0.510. The van der Waals surface area contributed by atoms with E-state index < -0.39 is 6.10 Å². The zero-order valence-electron chi connectivity index (χ0n) is 12.8. The van der Waals surface area contributed by atoms with Crippen molar-refractivity contribution in [1.82, 2.24) is 5.32 Å². The van der Waals surface area contributed by atoms with Gasteiger partial charge < -0.3 is 19.9 Å². The summed E-state index contributed by atoms with van der Waals surface area (Å²) < 4.78 is 11.0. The Hall–Kier alpha value is -1.20. The van der Waals surface area contributed by atoms with Gasteiger partial charge in [0.05, 0.1) is 32.0 Å². The van der Waals surface area contributed by atoms with Gasteiger partial charge >= 0.3 is 0 Å². The molecule has 21 heavy (non-hydrogen) atoms. The molecule has 0 heterocycles. The molecule has 1 aromatic carbocycles. The van der Waals surface area contributed by atoms with Crippen molar-refractivity contribution in [3.8, 4) is 0 Å². The summed E-state index contributed by atoms with van der Waals surface area (Å²) in [5.41, 5.74) is 1.12. The number of aliphatic hydroxyl groups is 1. The molecule has 4 nitrogen and oxygen atoms in total. The van der Waals surface area contributed by atoms with Crippen LogP contribution in [-0.4, -0.2) is 44.1 Å². The normalized spacial score (nSPS) is 13.8. The standard InChI is InChI=1S/C17H27NO3/c1-3-4-11-20-12-10-18-13-17(19)14-21-15(2)16-8-6-5-7-9-16/h3,5-9,15,17-19H,1,4,10-14H2,2H3. The van der Waals surface area contributed by atoms with Crippen molar-refractivity contribution in [3.63, 3.8) is 0 Å². The van der Waals surface area contributed by atoms with E-state index in [4.69, 9.17) is 9.47 Å². The van der Waals surface area contributed by atoms with Gasteiger partial charge in [-0.3, -0.25) is 0 Å². The highest BCUT2D eigenvalue weighted by Crippen LogP contribution is 2.15. The summed E-state index contributed by atoms with van der Waals surface area (Å²) in [5, 5.41) is 13.0. The Bertz CT molecular complexity index is 370. The van der Waals surface area contributed by atoms with Gasteiger partial charge in [0, 0.05) is 13.1 Å². The van der Waals surface area contributed by atoms with Crippen molar-refractivity contribution in [3.05, 3.63) is 48.6 Å². The molecule has 1 rings (SSSR count). The van der Waals surface area contributed by atoms with Gasteiger partial charge in [-0.25, -0.2) is 0 Å². The third-order valence-corrected chi connectivity index (χ3v) is 3.08. The highest BCUT2D eigenvalue weighted by atomic mass is 16.5. The minimum absolute atomic E-state index is 0.0110. The van der Waals surface area contributed by atoms with Gasteiger partial charge in [-0.05, 0) is 18.9 Å². The molecule has 2 atom stereocenters. The van der Waals surface area contributed by atoms with E-state index in [9.17, 15) is 5.11 Å². The summed E-state index contributed by atoms with van der Waals surface area (Å²) in [6.45, 7) is 8.51. The number of aliphatic hydroxyl groups excluding tert-OH is 1. The van der Waals surface area contributed by atoms with Crippen LogP contribution in [0.15, 0.2) is 43.0 Å². The zero-order valence-corrected chi connectivity index (χ0v) is 12.8. The topological polar surface area (TPSA) is 50.7 Å². The lowest BCUT2D eigenvalue weighted by atomic mass is 10.1. The highest BCUT2D eigenvalue weighted by Gasteiger charge is 2.09. The van der Waals surface area contributed by atoms with E-state index in [1.807, 2.05) is 43.3 Å². The summed E-state index contributed by atoms with van der Waals surface area (Å²) in [6.07, 6.45) is 2.18. The van der Waals surface area contributed by atoms with Gasteiger partial charge in [0.25, 0.3) is 0 Å². The molecule has 2 N–H and O–H groups in total. The molecule has 0 fully saturated rings. The molecular formula is C17H27NO3. The van der Waals surface area contributed by atoms with Crippen LogP contribution in [0.3, 0.4) is 0 Å². The molecule has 0 radical (unpaired) electrons. The van der Waals surface area contributed by atoms with Crippen LogP contribution in [0, 0.1) is 0 Å². The first-order valence-electron chi connectivity index (χ1n) is 7.48. The van der Waals surface area contributed by atoms with Crippen molar-refractivity contribution < 1.29 is 14.6 Å². The maximum atomic E-state index is 9.84. The van der Waals surface area contributed by atoms with Crippen LogP contribution in [0.4, 0.5) is 0 Å². The van der Waals surface area contributed by atoms with Gasteiger partial charge in [0.1, 0.15) is 0 Å². The van der Waals surface area contributed by atoms with Crippen LogP contribution in [0.2, 0.25) is 0 Å². The number of ether oxygens (including phenoxy) is 2. The van der Waals surface area contributed by atoms with E-state index in [2.05, 4.69) is 11.9 Å². The summed E-state index contributed by atoms with van der Waals surface area (Å²) in [6, 6.07) is 10.00. The van der Waals surface area contributed by atoms with Crippen LogP contribution in [0.25, 0.3) is 0 Å². The predicted molar refractivity (Wildman–Crippen MR) is 85.3 cm³/mol. The van der Waals surface area contributed by atoms with E-state index >= 15 is 0 Å². The number of hydrogen-bond donors (Lipinski definition) is 2. The van der Waals surface area contributed by atoms with E-state index in [1.165, 1.54) is 0 Å². The van der Waals surface area contributed by atoms with Crippen LogP contribution in [-0.2, 0) is 9.47 Å². The largest absolute Gasteiger partial charge is 0.389 e. The number of hydrogen-bond acceptors (Lipinski definition) is 4. The Balaban J connectivity index is 2.03. The fourth-order valence-electron chi connectivity index (χ4n) is 1.82. The third-order valence-electron chi connectivity index (χ3n) is 3.08. The Morgan fingerprint density at radius 3 is 2.76 bits per heavy atom. The second-order valence-electron chi connectivity index (χ2n) is 4.93. The maximum absolute atomic E-state index is 9.84. The second-order valence-corrected chi connectivity index (χ2v) is 4.93. The summed E-state index contributed by atoms with van der Waals surface area (Å²) in [7, 11) is 0. The van der Waals surface area contributed by atoms with E-state index in [-0.39, 0.29) is 6.10 Å². The Morgan fingerprint density at radius 1 is 1.29 bits per heavy atom. The fraction of sp³-hybridized carbons (Fsp3) is 0.529. The Morgan fingerprint density at radius 2 is 2.05 bits per heavy atom. The van der Waals surface area contributed by atoms with Crippen molar-refractivity contribution in [1.29, 1.82) is 0 Å². The fourth-order valence-corrected chi connectivity index (χ4v) is 1.82. The minimum Gasteiger partial charge on any atom is -0.389 e. The third kappa shape index (κ3) is 8.63. The van der Waals surface area contributed by atoms with Crippen LogP contribution in [0.5, 0.6) is 0 Å². The molecule has 0 aliphatic heterocycles. The lowest BCUT2D eigenvalue weighted by Crippen LogP contribution is -2.32. The van der Waals surface area contributed by atoms with Crippen LogP contribution >= 0.6 is 0 Å². The van der Waals surface area contributed by atoms with Crippen molar-refractivity contribution >= 4 is 0 Å². The first kappa shape index (κ1) is 17.9. The van der Waals surface area contributed by atoms with Gasteiger partial charge in [-0.2, -0.15) is 0 Å². The van der Waals surface area contributed by atoms with Gasteiger partial charge in [0.2, 0.25) is 0 Å². The molecule has 0 aliphatic rings. The molecule has 0 saturated carbocycles. The van der Waals surface area contributed by atoms with E-state index in [0.717, 1.165) is 18.5 Å². The molecule has 2 unspecified atom stereocenters. The van der Waals surface area contributed by atoms with Crippen molar-refractivity contribution in [2.75, 3.05) is 32.9 Å². The number of benzene rings is 1. The highest BCUT2D eigenvalue weighted by molar-refractivity contribution is 5.16. The molecule has 0 spiro atoms. The Labute approximate surface area is 127 Å². The van der Waals surface area contributed by atoms with Gasteiger partial charge in [-0.1, -0.05) is 36.4 Å². The maximum Gasteiger partial charge on any atom is 0.0897 e. The van der Waals surface area contributed by atoms with Gasteiger partial charge in [0.15, 0.2) is 0 Å². The van der Waals surface area contributed by atoms with Crippen LogP contribution in [0.1, 0.15) is 25.0 Å². The molecular weight excluding hydrogens is 266 g/mol.